The highest BCUT2D eigenvalue weighted by Crippen LogP contribution is 2.45. The molecule has 29 nitrogen and oxygen atoms in total. The molecule has 5 heterocycles. The number of carbonyl (C=O) groups is 8. The molecule has 0 aliphatic heterocycles. The zero-order chi connectivity index (χ0) is 102. The van der Waals surface area contributed by atoms with Gasteiger partial charge >= 0.3 is 47.8 Å². The maximum Gasteiger partial charge on any atom is 0.356 e. The number of nitrogen functional groups attached to an aromatic ring is 1. The minimum Gasteiger partial charge on any atom is -0.477 e. The minimum absolute atomic E-state index is 0.0782. The predicted octanol–water partition coefficient (Wildman–Crippen LogP) is 21.5. The smallest absolute Gasteiger partial charge is 0.356 e. The average Bonchev–Trinajstić information content (AvgIpc) is 0.773. The number of carboxylic acid groups (broad SMARTS) is 1. The van der Waals surface area contributed by atoms with Gasteiger partial charge in [0.25, 0.3) is 0 Å². The van der Waals surface area contributed by atoms with Crippen molar-refractivity contribution in [3.8, 4) is 56.6 Å². The van der Waals surface area contributed by atoms with E-state index >= 15 is 0 Å². The van der Waals surface area contributed by atoms with E-state index in [1.807, 2.05) is 154 Å². The zero-order valence-electron chi connectivity index (χ0n) is 82.0. The molecule has 33 heteroatoms. The lowest BCUT2D eigenvalue weighted by atomic mass is 9.90. The summed E-state index contributed by atoms with van der Waals surface area (Å²) >= 11 is 24.5. The lowest BCUT2D eigenvalue weighted by molar-refractivity contribution is -0.164. The summed E-state index contributed by atoms with van der Waals surface area (Å²) in [7, 11) is 9.07. The number of pyridine rings is 5. The molecule has 0 unspecified atom stereocenters. The number of hydrogen-bond acceptors (Lipinski definition) is 28. The zero-order valence-corrected chi connectivity index (χ0v) is 85.0. The summed E-state index contributed by atoms with van der Waals surface area (Å²) in [5.74, 6) is -5.05. The Hall–Kier alpha value is -11.9. The van der Waals surface area contributed by atoms with Crippen LogP contribution in [0.5, 0.6) is 0 Å². The first-order valence-electron chi connectivity index (χ1n) is 42.0. The van der Waals surface area contributed by atoms with Crippen molar-refractivity contribution in [1.29, 1.82) is 10.5 Å². The van der Waals surface area contributed by atoms with Crippen LogP contribution < -0.4 is 5.73 Å². The number of nitrogens with zero attached hydrogens (tertiary/aromatic N) is 7. The van der Waals surface area contributed by atoms with Crippen LogP contribution in [0.15, 0.2) is 97.1 Å². The number of ether oxygens (including phenoxy) is 12. The van der Waals surface area contributed by atoms with Crippen molar-refractivity contribution in [1.82, 2.24) is 24.9 Å². The molecular weight excluding hydrogens is 1800 g/mol. The number of methoxy groups -OCH3 is 7. The van der Waals surface area contributed by atoms with Crippen molar-refractivity contribution >= 4 is 99.8 Å². The van der Waals surface area contributed by atoms with Crippen molar-refractivity contribution in [3.05, 3.63) is 230 Å². The third kappa shape index (κ3) is 29.8. The number of aromatic carboxylic acids is 1. The third-order valence-corrected chi connectivity index (χ3v) is 21.0. The maximum absolute atomic E-state index is 12.7. The van der Waals surface area contributed by atoms with Gasteiger partial charge in [0, 0.05) is 82.6 Å². The van der Waals surface area contributed by atoms with E-state index in [2.05, 4.69) is 37.1 Å². The molecule has 4 aromatic carbocycles. The Labute approximate surface area is 804 Å². The highest BCUT2D eigenvalue weighted by atomic mass is 35.5. The quantitative estimate of drug-likeness (QED) is 0.0361. The van der Waals surface area contributed by atoms with Gasteiger partial charge in [-0.15, -0.1) is 0 Å². The van der Waals surface area contributed by atoms with Crippen LogP contribution in [0, 0.1) is 91.9 Å². The first-order chi connectivity index (χ1) is 62.2. The second kappa shape index (κ2) is 47.9. The number of halogens is 4. The molecule has 3 N–H and O–H groups in total. The fourth-order valence-electron chi connectivity index (χ4n) is 14.0. The van der Waals surface area contributed by atoms with Gasteiger partial charge in [-0.1, -0.05) is 94.9 Å². The molecule has 0 aliphatic rings. The number of nitrogens with two attached hydrogens (primary N) is 1. The summed E-state index contributed by atoms with van der Waals surface area (Å²) in [6.45, 7) is 44.9. The van der Waals surface area contributed by atoms with E-state index in [9.17, 15) is 54.0 Å². The van der Waals surface area contributed by atoms with Gasteiger partial charge in [-0.3, -0.25) is 0 Å². The molecule has 0 saturated heterocycles. The number of anilines is 1. The Morgan fingerprint density at radius 1 is 0.313 bits per heavy atom. The summed E-state index contributed by atoms with van der Waals surface area (Å²) < 4.78 is 64.4. The number of carbonyl (C=O) groups excluding carboxylic acids is 7. The van der Waals surface area contributed by atoms with Crippen LogP contribution in [0.1, 0.15) is 261 Å². The van der Waals surface area contributed by atoms with Crippen molar-refractivity contribution in [2.75, 3.05) is 55.5 Å². The first kappa shape index (κ1) is 113. The van der Waals surface area contributed by atoms with E-state index in [1.165, 1.54) is 49.8 Å². The van der Waals surface area contributed by atoms with E-state index in [0.717, 1.165) is 27.8 Å². The van der Waals surface area contributed by atoms with Gasteiger partial charge in [-0.05, 0) is 288 Å². The topological polar surface area (TPSA) is 406 Å². The lowest BCUT2D eigenvalue weighted by Gasteiger charge is -2.29. The monoisotopic (exact) mass is 1920 g/mol. The van der Waals surface area contributed by atoms with Gasteiger partial charge in [0.1, 0.15) is 23.5 Å². The lowest BCUT2D eigenvalue weighted by Crippen LogP contribution is -2.30. The third-order valence-electron chi connectivity index (χ3n) is 19.8. The van der Waals surface area contributed by atoms with Crippen LogP contribution in [-0.2, 0) is 80.8 Å². The summed E-state index contributed by atoms with van der Waals surface area (Å²) in [6, 6.07) is 32.8. The number of aromatic nitrogens is 5. The normalized spacial score (nSPS) is 12.5. The molecular formula is C101H120Cl4N8O21. The number of benzene rings is 4. The van der Waals surface area contributed by atoms with Crippen LogP contribution in [-0.4, -0.2) is 156 Å². The Morgan fingerprint density at radius 2 is 0.522 bits per heavy atom. The molecule has 9 rings (SSSR count). The van der Waals surface area contributed by atoms with E-state index in [1.54, 1.807) is 116 Å². The van der Waals surface area contributed by atoms with E-state index in [-0.39, 0.29) is 22.1 Å². The van der Waals surface area contributed by atoms with Gasteiger partial charge in [0.15, 0.2) is 47.6 Å². The first-order valence-corrected chi connectivity index (χ1v) is 43.5. The van der Waals surface area contributed by atoms with Gasteiger partial charge < -0.3 is 67.7 Å². The van der Waals surface area contributed by atoms with Gasteiger partial charge in [0.2, 0.25) is 0 Å². The van der Waals surface area contributed by atoms with Crippen LogP contribution in [0.2, 0.25) is 20.1 Å². The Balaban J connectivity index is 0.000000297. The van der Waals surface area contributed by atoms with Crippen molar-refractivity contribution in [2.45, 2.75) is 232 Å². The fourth-order valence-corrected chi connectivity index (χ4v) is 14.8. The number of esters is 7. The number of hydrogen-bond donors (Lipinski definition) is 2. The number of rotatable bonds is 22. The molecule has 0 radical (unpaired) electrons. The van der Waals surface area contributed by atoms with Crippen LogP contribution >= 0.6 is 46.4 Å². The van der Waals surface area contributed by atoms with Gasteiger partial charge in [-0.25, -0.2) is 63.3 Å². The fraction of sp³-hybridized carbons (Fsp3) is 0.416. The molecule has 0 aliphatic carbocycles. The minimum atomic E-state index is -1.14. The van der Waals surface area contributed by atoms with Gasteiger partial charge in [-0.2, -0.15) is 10.5 Å². The SMILES string of the molecule is COC(=O)[C@@H](OC(C)(C)C)c1c(C)nc(C#N)c(C)c1-c1ccc(Cl)cc1.COC(=O)[C@@H](OC(C)(C)C)c1c(C)nc(C#N)c(C)c1-c1ccc(N)cc1.COC(=O)[C@@H](OC(C)(C)C)c1c(C)nc(C(=O)O)c(C)c1-c1ccc(Cl)cc1.COC(=O)c1nc(C)c([C@H](OC(C)(C)C)C(=O)OC)c(-c2ccc(Cl)cc2)c1C.COC(=O)c1nc(C)c([C@H](OC(C)(C)C)C(=O)OC)c(Cl)c1C. The molecule has 0 amide bonds. The molecule has 5 aromatic heterocycles. The van der Waals surface area contributed by atoms with Crippen LogP contribution in [0.3, 0.4) is 0 Å². The highest BCUT2D eigenvalue weighted by molar-refractivity contribution is 6.33. The number of aryl methyl sites for hydroxylation is 5. The predicted molar refractivity (Wildman–Crippen MR) is 512 cm³/mol. The van der Waals surface area contributed by atoms with Crippen molar-refractivity contribution in [2.24, 2.45) is 0 Å². The number of carboxylic acids is 1. The molecule has 718 valence electrons. The molecule has 5 atom stereocenters. The summed E-state index contributed by atoms with van der Waals surface area (Å²) in [5.41, 5.74) is 17.7. The van der Waals surface area contributed by atoms with Crippen LogP contribution in [0.4, 0.5) is 5.69 Å². The van der Waals surface area contributed by atoms with Crippen molar-refractivity contribution in [3.63, 3.8) is 0 Å². The van der Waals surface area contributed by atoms with Gasteiger partial charge in [0.05, 0.1) is 82.8 Å². The molecule has 134 heavy (non-hydrogen) atoms. The standard InChI is InChI=1S/C22H26ClNO5.C21H23ClN2O3.C21H24ClNO5.C21H25N3O3.C16H22ClNO5/c1-12-16(14-8-10-15(23)11-9-14)17(13(2)24-18(12)20(25)27-6)19(21(26)28-7)29-22(3,4)5;1-12-16(11-23)24-13(2)18(17(12)14-7-9-15(22)10-8-14)19(20(25)26-6)27-21(3,4)5;1-11-15(13-7-9-14(22)10-8-13)16(12(2)23-17(11)19(24)25)18(20(26)27-6)28-21(3,4)5;1-12-16(11-22)24-13(2)18(17(12)14-7-9-15(23)10-8-14)19(20(25)26-6)27-21(3,4)5;1-8-11(17)10(9(2)18-12(8)14(19)21-6)13(15(20)22-7)23-16(3,4)5/h8-11,19H,1-7H3;7-10,19H,1-6H3;7-10,18H,1-6H3,(H,24,25);7-10,19H,23H2,1-6H3;13H,1-7H3/t2*19-;18-;19-;13-/m00000/s1. The maximum atomic E-state index is 12.7. The molecule has 9 aromatic rings. The summed E-state index contributed by atoms with van der Waals surface area (Å²) in [4.78, 5) is 120. The molecule has 0 fully saturated rings. The van der Waals surface area contributed by atoms with Crippen LogP contribution in [0.25, 0.3) is 44.5 Å². The molecule has 0 bridgehead atoms. The Morgan fingerprint density at radius 3 is 0.754 bits per heavy atom. The molecule has 0 saturated carbocycles. The summed E-state index contributed by atoms with van der Waals surface area (Å²) in [5, 5.41) is 30.5. The largest absolute Gasteiger partial charge is 0.477 e. The van der Waals surface area contributed by atoms with E-state index in [4.69, 9.17) is 109 Å². The summed E-state index contributed by atoms with van der Waals surface area (Å²) in [6.07, 6.45) is -5.07. The Bertz CT molecular complexity index is 5730. The average molecular weight is 1920 g/mol. The molecule has 0 spiro atoms. The van der Waals surface area contributed by atoms with Crippen molar-refractivity contribution < 1.29 is 100 Å². The highest BCUT2D eigenvalue weighted by Gasteiger charge is 2.41. The van der Waals surface area contributed by atoms with E-state index < -0.39 is 106 Å². The second-order valence-electron chi connectivity index (χ2n) is 35.6. The van der Waals surface area contributed by atoms with E-state index in [0.29, 0.717) is 133 Å². The second-order valence-corrected chi connectivity index (χ2v) is 37.2. The number of nitriles is 2. The Kier molecular flexibility index (Phi) is 40.2.